The van der Waals surface area contributed by atoms with Gasteiger partial charge in [-0.2, -0.15) is 5.10 Å². The van der Waals surface area contributed by atoms with Gasteiger partial charge in [-0.3, -0.25) is 35.3 Å². The Morgan fingerprint density at radius 1 is 1.06 bits per heavy atom. The average molecular weight is 465 g/mol. The summed E-state index contributed by atoms with van der Waals surface area (Å²) in [7, 11) is 0. The first kappa shape index (κ1) is 22.5. The summed E-state index contributed by atoms with van der Waals surface area (Å²) in [5.74, 6) is -1.32. The van der Waals surface area contributed by atoms with Crippen LogP contribution in [0, 0.1) is 17.0 Å². The van der Waals surface area contributed by atoms with Gasteiger partial charge in [0.05, 0.1) is 16.9 Å². The molecule has 1 aliphatic rings. The van der Waals surface area contributed by atoms with Crippen LogP contribution in [0.4, 0.5) is 5.69 Å². The van der Waals surface area contributed by atoms with Crippen molar-refractivity contribution in [3.05, 3.63) is 86.7 Å². The lowest BCUT2D eigenvalue weighted by Gasteiger charge is -2.13. The molecule has 12 heteroatoms. The Labute approximate surface area is 192 Å². The highest BCUT2D eigenvalue weighted by Gasteiger charge is 2.28. The number of hydrogen-bond donors (Lipinski definition) is 3. The molecule has 0 aliphatic heterocycles. The van der Waals surface area contributed by atoms with Gasteiger partial charge in [-0.25, -0.2) is 5.43 Å². The number of nitrogens with zero attached hydrogens (tertiary/aromatic N) is 2. The van der Waals surface area contributed by atoms with Crippen molar-refractivity contribution < 1.29 is 28.1 Å². The molecular weight excluding hydrogens is 446 g/mol. The molecule has 4 rings (SSSR count). The number of hydrazone groups is 1. The number of aryl methyl sites for hydroxylation is 1. The van der Waals surface area contributed by atoms with E-state index in [1.807, 2.05) is 0 Å². The summed E-state index contributed by atoms with van der Waals surface area (Å²) < 4.78 is 10.7. The van der Waals surface area contributed by atoms with E-state index in [-0.39, 0.29) is 22.8 Å². The number of nitro benzene ring substituents is 1. The van der Waals surface area contributed by atoms with Crippen molar-refractivity contribution in [3.8, 4) is 0 Å². The molecule has 0 spiro atoms. The van der Waals surface area contributed by atoms with Gasteiger partial charge in [0.1, 0.15) is 5.76 Å². The topological polar surface area (TPSA) is 169 Å². The highest BCUT2D eigenvalue weighted by Crippen LogP contribution is 2.29. The fourth-order valence-corrected chi connectivity index (χ4v) is 3.58. The number of fused-ring (bicyclic) bond motifs is 1. The van der Waals surface area contributed by atoms with E-state index in [0.29, 0.717) is 41.9 Å². The van der Waals surface area contributed by atoms with Crippen molar-refractivity contribution in [2.75, 3.05) is 0 Å². The third-order valence-electron chi connectivity index (χ3n) is 5.18. The zero-order chi connectivity index (χ0) is 24.2. The molecule has 1 aliphatic carbocycles. The lowest BCUT2D eigenvalue weighted by molar-refractivity contribution is -0.384. The number of hydrogen-bond acceptors (Lipinski definition) is 8. The van der Waals surface area contributed by atoms with Crippen molar-refractivity contribution in [2.45, 2.75) is 26.2 Å². The molecule has 0 radical (unpaired) electrons. The molecule has 2 heterocycles. The Balaban J connectivity index is 1.49. The molecular formula is C22H19N5O7. The molecule has 174 valence electrons. The first-order valence-corrected chi connectivity index (χ1v) is 10.2. The van der Waals surface area contributed by atoms with Crippen LogP contribution in [-0.4, -0.2) is 28.4 Å². The fraction of sp³-hybridized carbons (Fsp3) is 0.182. The molecule has 0 saturated carbocycles. The van der Waals surface area contributed by atoms with Crippen LogP contribution >= 0.6 is 0 Å². The Hall–Kier alpha value is -4.74. The maximum Gasteiger partial charge on any atom is 0.305 e. The van der Waals surface area contributed by atoms with Crippen LogP contribution < -0.4 is 16.3 Å². The second kappa shape index (κ2) is 9.40. The standard InChI is InChI=1S/C22H19N5O7/c1-12-18-15(23-24-20(28)13-5-2-6-14(11-13)27(31)32)7-3-8-16(18)34-19(12)22(30)26-25-21(29)17-9-4-10-33-17/h2,4-6,9-11H,3,7-8H2,1H3,(H,24,28)(H,25,29)(H,26,30)/b23-15+. The monoisotopic (exact) mass is 465 g/mol. The molecule has 3 aromatic rings. The summed E-state index contributed by atoms with van der Waals surface area (Å²) in [6.45, 7) is 1.68. The maximum absolute atomic E-state index is 12.6. The highest BCUT2D eigenvalue weighted by atomic mass is 16.6. The highest BCUT2D eigenvalue weighted by molar-refractivity contribution is 6.07. The third kappa shape index (κ3) is 4.55. The van der Waals surface area contributed by atoms with E-state index in [1.165, 1.54) is 30.5 Å². The number of non-ortho nitro benzene ring substituents is 1. The number of hydrazine groups is 1. The molecule has 0 unspecified atom stereocenters. The quantitative estimate of drug-likeness (QED) is 0.384. The molecule has 3 N–H and O–H groups in total. The Morgan fingerprint density at radius 2 is 1.85 bits per heavy atom. The number of carbonyl (C=O) groups is 3. The van der Waals surface area contributed by atoms with Gasteiger partial charge in [-0.1, -0.05) is 6.07 Å². The molecule has 0 bridgehead atoms. The first-order chi connectivity index (χ1) is 16.3. The minimum atomic E-state index is -0.660. The minimum absolute atomic E-state index is 0.00403. The molecule has 0 saturated heterocycles. The predicted octanol–water partition coefficient (Wildman–Crippen LogP) is 2.63. The molecule has 0 atom stereocenters. The van der Waals surface area contributed by atoms with Gasteiger partial charge in [0.15, 0.2) is 11.5 Å². The van der Waals surface area contributed by atoms with Gasteiger partial charge in [-0.05, 0) is 38.0 Å². The van der Waals surface area contributed by atoms with E-state index < -0.39 is 22.6 Å². The summed E-state index contributed by atoms with van der Waals surface area (Å²) in [4.78, 5) is 47.3. The van der Waals surface area contributed by atoms with Crippen LogP contribution in [0.5, 0.6) is 0 Å². The number of amides is 3. The van der Waals surface area contributed by atoms with Crippen molar-refractivity contribution >= 4 is 29.1 Å². The smallest absolute Gasteiger partial charge is 0.305 e. The van der Waals surface area contributed by atoms with E-state index >= 15 is 0 Å². The molecule has 34 heavy (non-hydrogen) atoms. The molecule has 1 aromatic carbocycles. The minimum Gasteiger partial charge on any atom is -0.459 e. The number of carbonyl (C=O) groups excluding carboxylic acids is 3. The second-order valence-electron chi connectivity index (χ2n) is 7.40. The summed E-state index contributed by atoms with van der Waals surface area (Å²) in [5, 5.41) is 15.1. The third-order valence-corrected chi connectivity index (χ3v) is 5.18. The van der Waals surface area contributed by atoms with Crippen LogP contribution in [0.2, 0.25) is 0 Å². The van der Waals surface area contributed by atoms with Gasteiger partial charge in [0.25, 0.3) is 11.6 Å². The van der Waals surface area contributed by atoms with Crippen molar-refractivity contribution in [1.82, 2.24) is 16.3 Å². The zero-order valence-electron chi connectivity index (χ0n) is 17.9. The normalized spacial score (nSPS) is 13.7. The van der Waals surface area contributed by atoms with Crippen molar-refractivity contribution in [2.24, 2.45) is 5.10 Å². The fourth-order valence-electron chi connectivity index (χ4n) is 3.58. The average Bonchev–Trinajstić information content (AvgIpc) is 3.50. The van der Waals surface area contributed by atoms with Gasteiger partial charge in [-0.15, -0.1) is 0 Å². The molecule has 3 amide bonds. The van der Waals surface area contributed by atoms with E-state index in [0.717, 1.165) is 6.07 Å². The van der Waals surface area contributed by atoms with Gasteiger partial charge in [0.2, 0.25) is 0 Å². The number of nitrogens with one attached hydrogen (secondary N) is 3. The van der Waals surface area contributed by atoms with Crippen LogP contribution in [0.3, 0.4) is 0 Å². The summed E-state index contributed by atoms with van der Waals surface area (Å²) in [6, 6.07) is 8.29. The van der Waals surface area contributed by atoms with E-state index in [4.69, 9.17) is 8.83 Å². The van der Waals surface area contributed by atoms with Crippen LogP contribution in [0.1, 0.15) is 61.2 Å². The summed E-state index contributed by atoms with van der Waals surface area (Å²) >= 11 is 0. The van der Waals surface area contributed by atoms with E-state index in [2.05, 4.69) is 21.4 Å². The van der Waals surface area contributed by atoms with Crippen molar-refractivity contribution in [1.29, 1.82) is 0 Å². The van der Waals surface area contributed by atoms with Crippen LogP contribution in [0.15, 0.2) is 56.6 Å². The maximum atomic E-state index is 12.6. The zero-order valence-corrected chi connectivity index (χ0v) is 17.9. The van der Waals surface area contributed by atoms with Gasteiger partial charge < -0.3 is 8.83 Å². The van der Waals surface area contributed by atoms with Crippen molar-refractivity contribution in [3.63, 3.8) is 0 Å². The number of nitro groups is 1. The van der Waals surface area contributed by atoms with E-state index in [9.17, 15) is 24.5 Å². The van der Waals surface area contributed by atoms with Gasteiger partial charge in [0, 0.05) is 35.2 Å². The summed E-state index contributed by atoms with van der Waals surface area (Å²) in [6.07, 6.45) is 3.11. The Morgan fingerprint density at radius 3 is 2.59 bits per heavy atom. The Bertz CT molecular complexity index is 1310. The predicted molar refractivity (Wildman–Crippen MR) is 117 cm³/mol. The number of benzene rings is 1. The lowest BCUT2D eigenvalue weighted by atomic mass is 9.93. The Kier molecular flexibility index (Phi) is 6.21. The SMILES string of the molecule is Cc1c(C(=O)NNC(=O)c2ccco2)oc2c1/C(=N/NC(=O)c1cccc([N+](=O)[O-])c1)CCC2. The first-order valence-electron chi connectivity index (χ1n) is 10.2. The van der Waals surface area contributed by atoms with E-state index in [1.54, 1.807) is 13.0 Å². The second-order valence-corrected chi connectivity index (χ2v) is 7.40. The lowest BCUT2D eigenvalue weighted by Crippen LogP contribution is -2.41. The molecule has 12 nitrogen and oxygen atoms in total. The number of furan rings is 2. The summed E-state index contributed by atoms with van der Waals surface area (Å²) in [5.41, 5.74) is 8.44. The van der Waals surface area contributed by atoms with Crippen LogP contribution in [0.25, 0.3) is 0 Å². The molecule has 0 fully saturated rings. The van der Waals surface area contributed by atoms with Gasteiger partial charge >= 0.3 is 11.8 Å². The molecule has 2 aromatic heterocycles. The number of rotatable bonds is 5. The largest absolute Gasteiger partial charge is 0.459 e. The van der Waals surface area contributed by atoms with Crippen LogP contribution in [-0.2, 0) is 6.42 Å².